The Bertz CT molecular complexity index is 414. The Labute approximate surface area is 95.5 Å². The highest BCUT2D eigenvalue weighted by Crippen LogP contribution is 2.37. The molecule has 1 aliphatic rings. The Hall–Kier alpha value is -1.51. The van der Waals surface area contributed by atoms with Gasteiger partial charge in [0.2, 0.25) is 0 Å². The number of carbonyl (C=O) groups is 1. The summed E-state index contributed by atoms with van der Waals surface area (Å²) in [5.41, 5.74) is 2.20. The molecule has 3 heteroatoms. The minimum Gasteiger partial charge on any atom is -0.478 e. The number of rotatable bonds is 4. The van der Waals surface area contributed by atoms with Crippen LogP contribution in [0.5, 0.6) is 0 Å². The topological polar surface area (TPSA) is 49.3 Å². The molecule has 3 nitrogen and oxygen atoms in total. The maximum absolute atomic E-state index is 10.8. The van der Waals surface area contributed by atoms with Crippen molar-refractivity contribution in [1.82, 2.24) is 0 Å². The van der Waals surface area contributed by atoms with Crippen molar-refractivity contribution in [2.45, 2.75) is 20.3 Å². The van der Waals surface area contributed by atoms with Gasteiger partial charge in [-0.05, 0) is 48.9 Å². The van der Waals surface area contributed by atoms with E-state index >= 15 is 0 Å². The van der Waals surface area contributed by atoms with E-state index in [1.165, 1.54) is 6.42 Å². The van der Waals surface area contributed by atoms with Crippen LogP contribution in [-0.4, -0.2) is 17.6 Å². The third kappa shape index (κ3) is 2.35. The molecule has 0 bridgehead atoms. The maximum atomic E-state index is 10.8. The van der Waals surface area contributed by atoms with Gasteiger partial charge in [0.1, 0.15) is 0 Å². The Morgan fingerprint density at radius 3 is 2.75 bits per heavy atom. The molecule has 1 aromatic rings. The molecule has 0 aliphatic heterocycles. The molecule has 0 spiro atoms. The van der Waals surface area contributed by atoms with Crippen molar-refractivity contribution >= 4 is 11.7 Å². The van der Waals surface area contributed by atoms with Gasteiger partial charge >= 0.3 is 5.97 Å². The van der Waals surface area contributed by atoms with E-state index in [4.69, 9.17) is 5.11 Å². The zero-order valence-electron chi connectivity index (χ0n) is 9.66. The lowest BCUT2D eigenvalue weighted by Gasteiger charge is -2.08. The first-order chi connectivity index (χ1) is 7.58. The smallest absolute Gasteiger partial charge is 0.335 e. The second kappa shape index (κ2) is 4.16. The number of carboxylic acid groups (broad SMARTS) is 1. The second-order valence-electron chi connectivity index (χ2n) is 4.69. The molecule has 0 saturated heterocycles. The van der Waals surface area contributed by atoms with Gasteiger partial charge in [0.05, 0.1) is 5.56 Å². The number of hydrogen-bond acceptors (Lipinski definition) is 2. The minimum absolute atomic E-state index is 0.380. The lowest BCUT2D eigenvalue weighted by molar-refractivity contribution is 0.0696. The van der Waals surface area contributed by atoms with Crippen LogP contribution in [0.2, 0.25) is 0 Å². The van der Waals surface area contributed by atoms with E-state index in [1.54, 1.807) is 6.07 Å². The van der Waals surface area contributed by atoms with E-state index in [-0.39, 0.29) is 0 Å². The van der Waals surface area contributed by atoms with Crippen molar-refractivity contribution in [1.29, 1.82) is 0 Å². The fourth-order valence-electron chi connectivity index (χ4n) is 1.95. The highest BCUT2D eigenvalue weighted by atomic mass is 16.4. The summed E-state index contributed by atoms with van der Waals surface area (Å²) < 4.78 is 0. The number of nitrogens with one attached hydrogen (secondary N) is 1. The number of anilines is 1. The number of aryl methyl sites for hydroxylation is 1. The summed E-state index contributed by atoms with van der Waals surface area (Å²) in [5.74, 6) is 0.770. The van der Waals surface area contributed by atoms with Crippen LogP contribution >= 0.6 is 0 Å². The summed E-state index contributed by atoms with van der Waals surface area (Å²) in [6, 6.07) is 5.40. The van der Waals surface area contributed by atoms with Crippen molar-refractivity contribution in [2.24, 2.45) is 11.8 Å². The van der Waals surface area contributed by atoms with Gasteiger partial charge in [0.25, 0.3) is 0 Å². The molecule has 1 aromatic carbocycles. The minimum atomic E-state index is -0.861. The van der Waals surface area contributed by atoms with Crippen molar-refractivity contribution in [3.05, 3.63) is 29.3 Å². The third-order valence-electron chi connectivity index (χ3n) is 3.30. The van der Waals surface area contributed by atoms with Crippen LogP contribution in [-0.2, 0) is 0 Å². The quantitative estimate of drug-likeness (QED) is 0.818. The first-order valence-electron chi connectivity index (χ1n) is 5.65. The Morgan fingerprint density at radius 2 is 2.25 bits per heavy atom. The third-order valence-corrected chi connectivity index (χ3v) is 3.30. The Kier molecular flexibility index (Phi) is 2.86. The second-order valence-corrected chi connectivity index (χ2v) is 4.69. The van der Waals surface area contributed by atoms with Gasteiger partial charge < -0.3 is 10.4 Å². The number of carboxylic acids is 1. The van der Waals surface area contributed by atoms with E-state index in [0.29, 0.717) is 5.56 Å². The number of aromatic carboxylic acids is 1. The standard InChI is InChI=1S/C13H17NO2/c1-8-5-10(8)7-14-11-3-4-12(13(15)16)9(2)6-11/h3-4,6,8,10,14H,5,7H2,1-2H3,(H,15,16). The molecule has 2 unspecified atom stereocenters. The summed E-state index contributed by atoms with van der Waals surface area (Å²) in [5, 5.41) is 12.3. The van der Waals surface area contributed by atoms with Gasteiger partial charge in [0, 0.05) is 12.2 Å². The molecular formula is C13H17NO2. The zero-order valence-corrected chi connectivity index (χ0v) is 9.66. The molecule has 1 aliphatic carbocycles. The van der Waals surface area contributed by atoms with Crippen LogP contribution in [0.3, 0.4) is 0 Å². The Morgan fingerprint density at radius 1 is 1.56 bits per heavy atom. The van der Waals surface area contributed by atoms with Crippen LogP contribution in [0.4, 0.5) is 5.69 Å². The SMILES string of the molecule is Cc1cc(NCC2CC2C)ccc1C(=O)O. The van der Waals surface area contributed by atoms with Gasteiger partial charge in [-0.25, -0.2) is 4.79 Å². The average molecular weight is 219 g/mol. The molecule has 0 heterocycles. The average Bonchev–Trinajstić information content (AvgIpc) is 2.91. The van der Waals surface area contributed by atoms with Crippen LogP contribution in [0.25, 0.3) is 0 Å². The number of hydrogen-bond donors (Lipinski definition) is 2. The van der Waals surface area contributed by atoms with Crippen molar-refractivity contribution in [3.63, 3.8) is 0 Å². The fourth-order valence-corrected chi connectivity index (χ4v) is 1.95. The van der Waals surface area contributed by atoms with Crippen LogP contribution < -0.4 is 5.32 Å². The van der Waals surface area contributed by atoms with E-state index in [1.807, 2.05) is 19.1 Å². The normalized spacial score (nSPS) is 22.9. The van der Waals surface area contributed by atoms with Gasteiger partial charge in [0.15, 0.2) is 0 Å². The van der Waals surface area contributed by atoms with Gasteiger partial charge in [-0.2, -0.15) is 0 Å². The van der Waals surface area contributed by atoms with E-state index in [0.717, 1.165) is 29.6 Å². The van der Waals surface area contributed by atoms with E-state index in [9.17, 15) is 4.79 Å². The Balaban J connectivity index is 2.00. The van der Waals surface area contributed by atoms with Crippen molar-refractivity contribution < 1.29 is 9.90 Å². The summed E-state index contributed by atoms with van der Waals surface area (Å²) in [4.78, 5) is 10.8. The molecule has 0 aromatic heterocycles. The van der Waals surface area contributed by atoms with E-state index < -0.39 is 5.97 Å². The summed E-state index contributed by atoms with van der Waals surface area (Å²) in [7, 11) is 0. The van der Waals surface area contributed by atoms with Crippen LogP contribution in [0, 0.1) is 18.8 Å². The predicted octanol–water partition coefficient (Wildman–Crippen LogP) is 2.76. The molecule has 16 heavy (non-hydrogen) atoms. The lowest BCUT2D eigenvalue weighted by atomic mass is 10.1. The first-order valence-corrected chi connectivity index (χ1v) is 5.65. The number of benzene rings is 1. The molecule has 86 valence electrons. The summed E-state index contributed by atoms with van der Waals surface area (Å²) >= 11 is 0. The first kappa shape index (κ1) is 11.0. The summed E-state index contributed by atoms with van der Waals surface area (Å²) in [6.07, 6.45) is 1.30. The highest BCUT2D eigenvalue weighted by Gasteiger charge is 2.31. The summed E-state index contributed by atoms with van der Waals surface area (Å²) in [6.45, 7) is 5.08. The molecule has 2 atom stereocenters. The molecule has 2 rings (SSSR count). The molecule has 0 radical (unpaired) electrons. The highest BCUT2D eigenvalue weighted by molar-refractivity contribution is 5.89. The lowest BCUT2D eigenvalue weighted by Crippen LogP contribution is -2.06. The predicted molar refractivity (Wildman–Crippen MR) is 63.9 cm³/mol. The van der Waals surface area contributed by atoms with Gasteiger partial charge in [-0.1, -0.05) is 6.92 Å². The van der Waals surface area contributed by atoms with Crippen molar-refractivity contribution in [2.75, 3.05) is 11.9 Å². The zero-order chi connectivity index (χ0) is 11.7. The van der Waals surface area contributed by atoms with Gasteiger partial charge in [-0.15, -0.1) is 0 Å². The monoisotopic (exact) mass is 219 g/mol. The van der Waals surface area contributed by atoms with Crippen LogP contribution in [0.15, 0.2) is 18.2 Å². The van der Waals surface area contributed by atoms with Crippen molar-refractivity contribution in [3.8, 4) is 0 Å². The molecule has 0 amide bonds. The molecule has 1 saturated carbocycles. The van der Waals surface area contributed by atoms with Gasteiger partial charge in [-0.3, -0.25) is 0 Å². The van der Waals surface area contributed by atoms with Crippen LogP contribution in [0.1, 0.15) is 29.3 Å². The molecule has 1 fully saturated rings. The fraction of sp³-hybridized carbons (Fsp3) is 0.462. The molecule has 2 N–H and O–H groups in total. The molecular weight excluding hydrogens is 202 g/mol. The van der Waals surface area contributed by atoms with E-state index in [2.05, 4.69) is 12.2 Å². The maximum Gasteiger partial charge on any atom is 0.335 e. The largest absolute Gasteiger partial charge is 0.478 e.